The zero-order valence-corrected chi connectivity index (χ0v) is 18.1. The first kappa shape index (κ1) is 21.2. The lowest BCUT2D eigenvalue weighted by atomic mass is 10.1. The number of fused-ring (bicyclic) bond motifs is 1. The normalized spacial score (nSPS) is 11.5. The van der Waals surface area contributed by atoms with Gasteiger partial charge >= 0.3 is 0 Å². The van der Waals surface area contributed by atoms with E-state index in [-0.39, 0.29) is 15.9 Å². The Labute approximate surface area is 186 Å². The second-order valence-corrected chi connectivity index (χ2v) is 8.99. The van der Waals surface area contributed by atoms with Crippen molar-refractivity contribution in [2.24, 2.45) is 0 Å². The van der Waals surface area contributed by atoms with Crippen LogP contribution in [0.2, 0.25) is 10.2 Å². The van der Waals surface area contributed by atoms with Crippen LogP contribution in [0, 0.1) is 5.82 Å². The predicted octanol–water partition coefficient (Wildman–Crippen LogP) is 4.65. The SMILES string of the molecule is CS(=O)(=O)Nc1cc(-c2ccc3ncnc(Nc4ccc(F)c(Cl)c4)c3n2)cnc1Cl. The quantitative estimate of drug-likeness (QED) is 0.401. The summed E-state index contributed by atoms with van der Waals surface area (Å²) in [7, 11) is -3.54. The molecule has 0 saturated carbocycles. The van der Waals surface area contributed by atoms with Crippen LogP contribution < -0.4 is 10.0 Å². The molecule has 0 bridgehead atoms. The van der Waals surface area contributed by atoms with Crippen LogP contribution >= 0.6 is 23.2 Å². The average Bonchev–Trinajstić information content (AvgIpc) is 2.71. The van der Waals surface area contributed by atoms with E-state index in [2.05, 4.69) is 30.0 Å². The molecule has 31 heavy (non-hydrogen) atoms. The fraction of sp³-hybridized carbons (Fsp3) is 0.0526. The molecule has 158 valence electrons. The third-order valence-corrected chi connectivity index (χ3v) is 5.28. The van der Waals surface area contributed by atoms with E-state index in [9.17, 15) is 12.8 Å². The lowest BCUT2D eigenvalue weighted by Crippen LogP contribution is -2.10. The number of hydrogen-bond acceptors (Lipinski definition) is 7. The van der Waals surface area contributed by atoms with Crippen molar-refractivity contribution in [1.29, 1.82) is 0 Å². The standard InChI is InChI=1S/C19H13Cl2FN6O2S/c1-31(29,30)28-16-6-10(8-23-18(16)21)14-4-5-15-17(27-14)19(25-9-24-15)26-11-2-3-13(22)12(20)7-11/h2-9,28H,1H3,(H,24,25,26). The molecule has 12 heteroatoms. The molecule has 0 atom stereocenters. The number of nitrogens with zero attached hydrogens (tertiary/aromatic N) is 4. The van der Waals surface area contributed by atoms with Crippen molar-refractivity contribution in [3.8, 4) is 11.3 Å². The minimum absolute atomic E-state index is 0.00819. The summed E-state index contributed by atoms with van der Waals surface area (Å²) in [5.74, 6) is -0.153. The Bertz CT molecular complexity index is 1420. The lowest BCUT2D eigenvalue weighted by Gasteiger charge is -2.11. The Morgan fingerprint density at radius 2 is 1.84 bits per heavy atom. The number of sulfonamides is 1. The molecular formula is C19H13Cl2FN6O2S. The van der Waals surface area contributed by atoms with Crippen molar-refractivity contribution in [2.45, 2.75) is 0 Å². The monoisotopic (exact) mass is 478 g/mol. The first-order valence-electron chi connectivity index (χ1n) is 8.67. The summed E-state index contributed by atoms with van der Waals surface area (Å²) < 4.78 is 38.9. The van der Waals surface area contributed by atoms with Gasteiger partial charge in [-0.15, -0.1) is 0 Å². The molecule has 0 aliphatic heterocycles. The predicted molar refractivity (Wildman–Crippen MR) is 119 cm³/mol. The van der Waals surface area contributed by atoms with Gasteiger partial charge < -0.3 is 5.32 Å². The van der Waals surface area contributed by atoms with Crippen molar-refractivity contribution in [3.63, 3.8) is 0 Å². The molecule has 3 heterocycles. The molecule has 2 N–H and O–H groups in total. The Balaban J connectivity index is 1.76. The van der Waals surface area contributed by atoms with Crippen LogP contribution in [0.4, 0.5) is 21.6 Å². The highest BCUT2D eigenvalue weighted by molar-refractivity contribution is 7.92. The Hall–Kier alpha value is -3.08. The smallest absolute Gasteiger partial charge is 0.229 e. The van der Waals surface area contributed by atoms with Crippen LogP contribution in [0.5, 0.6) is 0 Å². The number of nitrogens with one attached hydrogen (secondary N) is 2. The van der Waals surface area contributed by atoms with E-state index in [1.165, 1.54) is 36.8 Å². The van der Waals surface area contributed by atoms with Gasteiger partial charge in [0.1, 0.15) is 17.7 Å². The van der Waals surface area contributed by atoms with Gasteiger partial charge in [0.05, 0.1) is 28.2 Å². The molecule has 0 amide bonds. The third kappa shape index (κ3) is 4.82. The minimum atomic E-state index is -3.54. The molecule has 0 aliphatic rings. The van der Waals surface area contributed by atoms with Gasteiger partial charge in [0.25, 0.3) is 0 Å². The second-order valence-electron chi connectivity index (χ2n) is 6.48. The second kappa shape index (κ2) is 8.22. The molecule has 3 aromatic heterocycles. The van der Waals surface area contributed by atoms with Gasteiger partial charge in [0.2, 0.25) is 10.0 Å². The molecular weight excluding hydrogens is 466 g/mol. The van der Waals surface area contributed by atoms with Gasteiger partial charge in [-0.3, -0.25) is 4.72 Å². The molecule has 0 radical (unpaired) electrons. The van der Waals surface area contributed by atoms with Crippen molar-refractivity contribution >= 4 is 61.5 Å². The van der Waals surface area contributed by atoms with Crippen molar-refractivity contribution in [2.75, 3.05) is 16.3 Å². The molecule has 4 aromatic rings. The zero-order valence-electron chi connectivity index (χ0n) is 15.8. The van der Waals surface area contributed by atoms with Crippen LogP contribution in [0.3, 0.4) is 0 Å². The van der Waals surface area contributed by atoms with Crippen LogP contribution in [-0.4, -0.2) is 34.6 Å². The van der Waals surface area contributed by atoms with Gasteiger partial charge in [-0.1, -0.05) is 23.2 Å². The molecule has 8 nitrogen and oxygen atoms in total. The third-order valence-electron chi connectivity index (χ3n) is 4.09. The molecule has 0 fully saturated rings. The largest absolute Gasteiger partial charge is 0.338 e. The maximum Gasteiger partial charge on any atom is 0.229 e. The van der Waals surface area contributed by atoms with Gasteiger partial charge in [-0.05, 0) is 36.4 Å². The number of anilines is 3. The molecule has 0 unspecified atom stereocenters. The van der Waals surface area contributed by atoms with Crippen LogP contribution in [0.25, 0.3) is 22.3 Å². The summed E-state index contributed by atoms with van der Waals surface area (Å²) in [5, 5.41) is 3.03. The van der Waals surface area contributed by atoms with Gasteiger partial charge in [0, 0.05) is 17.4 Å². The number of pyridine rings is 2. The number of halogens is 3. The molecule has 0 saturated heterocycles. The first-order valence-corrected chi connectivity index (χ1v) is 11.3. The van der Waals surface area contributed by atoms with Crippen LogP contribution in [0.15, 0.2) is 48.9 Å². The zero-order chi connectivity index (χ0) is 22.2. The van der Waals surface area contributed by atoms with E-state index in [4.69, 9.17) is 23.2 Å². The fourth-order valence-electron chi connectivity index (χ4n) is 2.76. The Morgan fingerprint density at radius 1 is 1.03 bits per heavy atom. The lowest BCUT2D eigenvalue weighted by molar-refractivity contribution is 0.606. The molecule has 0 spiro atoms. The highest BCUT2D eigenvalue weighted by Crippen LogP contribution is 2.29. The van der Waals surface area contributed by atoms with E-state index in [0.29, 0.717) is 33.8 Å². The van der Waals surface area contributed by atoms with E-state index < -0.39 is 15.8 Å². The summed E-state index contributed by atoms with van der Waals surface area (Å²) in [6.07, 6.45) is 3.86. The summed E-state index contributed by atoms with van der Waals surface area (Å²) >= 11 is 11.8. The van der Waals surface area contributed by atoms with Gasteiger partial charge in [-0.2, -0.15) is 0 Å². The minimum Gasteiger partial charge on any atom is -0.338 e. The Morgan fingerprint density at radius 3 is 2.58 bits per heavy atom. The topological polar surface area (TPSA) is 110 Å². The van der Waals surface area contributed by atoms with Crippen LogP contribution in [-0.2, 0) is 10.0 Å². The van der Waals surface area contributed by atoms with Crippen LogP contribution in [0.1, 0.15) is 0 Å². The summed E-state index contributed by atoms with van der Waals surface area (Å²) in [6.45, 7) is 0. The highest BCUT2D eigenvalue weighted by Gasteiger charge is 2.13. The molecule has 4 rings (SSSR count). The highest BCUT2D eigenvalue weighted by atomic mass is 35.5. The molecule has 0 aliphatic carbocycles. The average molecular weight is 479 g/mol. The van der Waals surface area contributed by atoms with Gasteiger partial charge in [-0.25, -0.2) is 32.7 Å². The number of hydrogen-bond donors (Lipinski definition) is 2. The first-order chi connectivity index (χ1) is 14.7. The molecule has 1 aromatic carbocycles. The van der Waals surface area contributed by atoms with E-state index in [1.807, 2.05) is 0 Å². The van der Waals surface area contributed by atoms with Gasteiger partial charge in [0.15, 0.2) is 11.0 Å². The Kier molecular flexibility index (Phi) is 5.61. The van der Waals surface area contributed by atoms with E-state index >= 15 is 0 Å². The number of rotatable bonds is 5. The maximum atomic E-state index is 13.4. The van der Waals surface area contributed by atoms with Crippen molar-refractivity contribution in [1.82, 2.24) is 19.9 Å². The summed E-state index contributed by atoms with van der Waals surface area (Å²) in [6, 6.07) is 9.17. The fourth-order valence-corrected chi connectivity index (χ4v) is 3.70. The van der Waals surface area contributed by atoms with E-state index in [1.54, 1.807) is 12.1 Å². The number of benzene rings is 1. The maximum absolute atomic E-state index is 13.4. The number of aromatic nitrogens is 4. The van der Waals surface area contributed by atoms with E-state index in [0.717, 1.165) is 6.26 Å². The summed E-state index contributed by atoms with van der Waals surface area (Å²) in [5.41, 5.74) is 2.66. The summed E-state index contributed by atoms with van der Waals surface area (Å²) in [4.78, 5) is 17.0. The van der Waals surface area contributed by atoms with Crippen molar-refractivity contribution < 1.29 is 12.8 Å². The van der Waals surface area contributed by atoms with Crippen molar-refractivity contribution in [3.05, 3.63) is 64.9 Å².